The summed E-state index contributed by atoms with van der Waals surface area (Å²) in [5, 5.41) is 8.02. The number of aryl methyl sites for hydroxylation is 1. The maximum absolute atomic E-state index is 5.73. The molecule has 3 rings (SSSR count). The van der Waals surface area contributed by atoms with Crippen LogP contribution in [-0.2, 0) is 0 Å². The van der Waals surface area contributed by atoms with Gasteiger partial charge < -0.3 is 9.64 Å². The van der Waals surface area contributed by atoms with Crippen molar-refractivity contribution in [2.24, 2.45) is 5.92 Å². The fourth-order valence-corrected chi connectivity index (χ4v) is 2.64. The third-order valence-corrected chi connectivity index (χ3v) is 4.15. The Labute approximate surface area is 138 Å². The number of hydrogen-bond donors (Lipinski definition) is 0. The van der Waals surface area contributed by atoms with E-state index < -0.39 is 0 Å². The molecule has 1 fully saturated rings. The van der Waals surface area contributed by atoms with Crippen molar-refractivity contribution in [1.82, 2.24) is 20.2 Å². The normalized spacial score (nSPS) is 15.8. The zero-order chi connectivity index (χ0) is 15.4. The number of anilines is 1. The molecule has 1 aliphatic heterocycles. The van der Waals surface area contributed by atoms with Gasteiger partial charge in [0.2, 0.25) is 11.8 Å². The van der Waals surface area contributed by atoms with Crippen molar-refractivity contribution < 1.29 is 4.74 Å². The molecule has 22 heavy (non-hydrogen) atoms. The van der Waals surface area contributed by atoms with E-state index in [4.69, 9.17) is 4.74 Å². The van der Waals surface area contributed by atoms with Gasteiger partial charge in [-0.15, -0.1) is 5.10 Å². The molecule has 116 valence electrons. The van der Waals surface area contributed by atoms with Gasteiger partial charge in [-0.25, -0.2) is 9.97 Å². The van der Waals surface area contributed by atoms with Crippen molar-refractivity contribution in [3.05, 3.63) is 34.7 Å². The van der Waals surface area contributed by atoms with Gasteiger partial charge in [-0.3, -0.25) is 0 Å². The summed E-state index contributed by atoms with van der Waals surface area (Å²) in [4.78, 5) is 10.9. The van der Waals surface area contributed by atoms with Crippen LogP contribution >= 0.6 is 15.9 Å². The fourth-order valence-electron chi connectivity index (χ4n) is 2.44. The first kappa shape index (κ1) is 15.1. The van der Waals surface area contributed by atoms with Crippen molar-refractivity contribution >= 4 is 21.9 Å². The largest absolute Gasteiger partial charge is 0.476 e. The predicted octanol–water partition coefficient (Wildman–Crippen LogP) is 2.63. The Morgan fingerprint density at radius 3 is 2.55 bits per heavy atom. The van der Waals surface area contributed by atoms with Crippen LogP contribution < -0.4 is 9.64 Å². The summed E-state index contributed by atoms with van der Waals surface area (Å²) in [5.41, 5.74) is 0.898. The van der Waals surface area contributed by atoms with Gasteiger partial charge in [-0.1, -0.05) is 0 Å². The highest BCUT2D eigenvalue weighted by molar-refractivity contribution is 9.10. The standard InChI is InChI=1S/C15H18BrN5O/c1-11-2-3-14(20-19-11)22-10-12-4-6-21(7-5-12)15-17-8-13(16)9-18-15/h2-3,8-9,12H,4-7,10H2,1H3. The molecule has 0 N–H and O–H groups in total. The van der Waals surface area contributed by atoms with E-state index in [9.17, 15) is 0 Å². The molecule has 1 aliphatic rings. The summed E-state index contributed by atoms with van der Waals surface area (Å²) in [6.07, 6.45) is 5.71. The van der Waals surface area contributed by atoms with E-state index in [1.165, 1.54) is 0 Å². The molecule has 0 atom stereocenters. The lowest BCUT2D eigenvalue weighted by atomic mass is 9.98. The molecule has 0 spiro atoms. The van der Waals surface area contributed by atoms with Gasteiger partial charge in [0.15, 0.2) is 0 Å². The number of nitrogens with zero attached hydrogens (tertiary/aromatic N) is 5. The number of aromatic nitrogens is 4. The van der Waals surface area contributed by atoms with Crippen molar-refractivity contribution in [2.45, 2.75) is 19.8 Å². The average molecular weight is 364 g/mol. The zero-order valence-corrected chi connectivity index (χ0v) is 14.0. The second-order valence-electron chi connectivity index (χ2n) is 5.46. The summed E-state index contributed by atoms with van der Waals surface area (Å²) >= 11 is 3.36. The highest BCUT2D eigenvalue weighted by Gasteiger charge is 2.21. The summed E-state index contributed by atoms with van der Waals surface area (Å²) < 4.78 is 6.63. The first-order valence-electron chi connectivity index (χ1n) is 7.36. The van der Waals surface area contributed by atoms with Gasteiger partial charge in [0, 0.05) is 31.5 Å². The van der Waals surface area contributed by atoms with Gasteiger partial charge in [-0.2, -0.15) is 5.10 Å². The molecule has 0 radical (unpaired) electrons. The second-order valence-corrected chi connectivity index (χ2v) is 6.37. The highest BCUT2D eigenvalue weighted by atomic mass is 79.9. The fraction of sp³-hybridized carbons (Fsp3) is 0.467. The lowest BCUT2D eigenvalue weighted by Crippen LogP contribution is -2.36. The van der Waals surface area contributed by atoms with E-state index in [2.05, 4.69) is 41.0 Å². The van der Waals surface area contributed by atoms with Crippen molar-refractivity contribution in [1.29, 1.82) is 0 Å². The lowest BCUT2D eigenvalue weighted by molar-refractivity contribution is 0.213. The van der Waals surface area contributed by atoms with E-state index in [1.807, 2.05) is 19.1 Å². The quantitative estimate of drug-likeness (QED) is 0.831. The molecule has 0 saturated carbocycles. The third-order valence-electron chi connectivity index (χ3n) is 3.74. The topological polar surface area (TPSA) is 64.0 Å². The molecule has 0 bridgehead atoms. The number of rotatable bonds is 4. The number of halogens is 1. The SMILES string of the molecule is Cc1ccc(OCC2CCN(c3ncc(Br)cn3)CC2)nn1. The Balaban J connectivity index is 1.47. The Bertz CT molecular complexity index is 596. The summed E-state index contributed by atoms with van der Waals surface area (Å²) in [6, 6.07) is 3.78. The molecule has 0 aliphatic carbocycles. The van der Waals surface area contributed by atoms with E-state index in [1.54, 1.807) is 12.4 Å². The Morgan fingerprint density at radius 2 is 1.91 bits per heavy atom. The van der Waals surface area contributed by atoms with Crippen molar-refractivity contribution in [3.63, 3.8) is 0 Å². The summed E-state index contributed by atoms with van der Waals surface area (Å²) in [7, 11) is 0. The molecule has 0 aromatic carbocycles. The third kappa shape index (κ3) is 3.91. The molecule has 6 nitrogen and oxygen atoms in total. The van der Waals surface area contributed by atoms with Crippen LogP contribution in [0.1, 0.15) is 18.5 Å². The molecular weight excluding hydrogens is 346 g/mol. The second kappa shape index (κ2) is 7.00. The minimum Gasteiger partial charge on any atom is -0.476 e. The average Bonchev–Trinajstić information content (AvgIpc) is 2.56. The summed E-state index contributed by atoms with van der Waals surface area (Å²) in [5.74, 6) is 1.94. The number of ether oxygens (including phenoxy) is 1. The van der Waals surface area contributed by atoms with Crippen LogP contribution in [0.25, 0.3) is 0 Å². The number of piperidine rings is 1. The molecule has 0 amide bonds. The zero-order valence-electron chi connectivity index (χ0n) is 12.4. The smallest absolute Gasteiger partial charge is 0.233 e. The van der Waals surface area contributed by atoms with Crippen LogP contribution in [0.2, 0.25) is 0 Å². The predicted molar refractivity (Wildman–Crippen MR) is 86.9 cm³/mol. The first-order valence-corrected chi connectivity index (χ1v) is 8.15. The molecular formula is C15H18BrN5O. The molecule has 0 unspecified atom stereocenters. The summed E-state index contributed by atoms with van der Waals surface area (Å²) in [6.45, 7) is 4.51. The van der Waals surface area contributed by atoms with Crippen LogP contribution in [0.15, 0.2) is 29.0 Å². The molecule has 7 heteroatoms. The van der Waals surface area contributed by atoms with Crippen LogP contribution in [0, 0.1) is 12.8 Å². The molecule has 3 heterocycles. The Kier molecular flexibility index (Phi) is 4.82. The maximum Gasteiger partial charge on any atom is 0.233 e. The van der Waals surface area contributed by atoms with E-state index >= 15 is 0 Å². The molecule has 1 saturated heterocycles. The highest BCUT2D eigenvalue weighted by Crippen LogP contribution is 2.21. The van der Waals surface area contributed by atoms with Crippen molar-refractivity contribution in [3.8, 4) is 5.88 Å². The lowest BCUT2D eigenvalue weighted by Gasteiger charge is -2.31. The first-order chi connectivity index (χ1) is 10.7. The molecule has 2 aromatic rings. The van der Waals surface area contributed by atoms with Gasteiger partial charge >= 0.3 is 0 Å². The van der Waals surface area contributed by atoms with E-state index in [0.29, 0.717) is 18.4 Å². The van der Waals surface area contributed by atoms with Crippen LogP contribution in [-0.4, -0.2) is 39.9 Å². The van der Waals surface area contributed by atoms with E-state index in [-0.39, 0.29) is 0 Å². The Morgan fingerprint density at radius 1 is 1.18 bits per heavy atom. The Hall–Kier alpha value is -1.76. The van der Waals surface area contributed by atoms with E-state index in [0.717, 1.165) is 42.0 Å². The monoisotopic (exact) mass is 363 g/mol. The van der Waals surface area contributed by atoms with Gasteiger partial charge in [0.1, 0.15) is 0 Å². The van der Waals surface area contributed by atoms with Crippen LogP contribution in [0.3, 0.4) is 0 Å². The van der Waals surface area contributed by atoms with Crippen LogP contribution in [0.4, 0.5) is 5.95 Å². The number of hydrogen-bond acceptors (Lipinski definition) is 6. The van der Waals surface area contributed by atoms with Crippen LogP contribution in [0.5, 0.6) is 5.88 Å². The van der Waals surface area contributed by atoms with Gasteiger partial charge in [-0.05, 0) is 47.7 Å². The molecule has 2 aromatic heterocycles. The minimum atomic E-state index is 0.537. The van der Waals surface area contributed by atoms with Gasteiger partial charge in [0.05, 0.1) is 16.8 Å². The maximum atomic E-state index is 5.73. The minimum absolute atomic E-state index is 0.537. The van der Waals surface area contributed by atoms with Crippen molar-refractivity contribution in [2.75, 3.05) is 24.6 Å². The van der Waals surface area contributed by atoms with Gasteiger partial charge in [0.25, 0.3) is 0 Å².